The number of thiophene rings is 1. The summed E-state index contributed by atoms with van der Waals surface area (Å²) in [7, 11) is 1.92. The Morgan fingerprint density at radius 2 is 2.14 bits per heavy atom. The molecule has 0 fully saturated rings. The summed E-state index contributed by atoms with van der Waals surface area (Å²) in [6.07, 6.45) is 1.76. The predicted octanol–water partition coefficient (Wildman–Crippen LogP) is 2.53. The molecule has 0 radical (unpaired) electrons. The predicted molar refractivity (Wildman–Crippen MR) is 88.5 cm³/mol. The molecule has 6 nitrogen and oxygen atoms in total. The molecule has 0 amide bonds. The first-order valence-corrected chi connectivity index (χ1v) is 7.93. The Labute approximate surface area is 131 Å². The molecule has 0 aliphatic carbocycles. The lowest BCUT2D eigenvalue weighted by molar-refractivity contribution is 0.755. The highest BCUT2D eigenvalue weighted by molar-refractivity contribution is 7.17. The monoisotopic (exact) mass is 315 g/mol. The minimum Gasteiger partial charge on any atom is -0.352 e. The average Bonchev–Trinajstić information content (AvgIpc) is 2.96. The molecule has 3 aromatic rings. The standard InChI is InChI=1S/C15H17N5OS/c1-9(2)14-16-6-4-12(19-14)20(3)8-11-17-10-5-7-22-13(10)15(21)18-11/h4-7,9H,8H2,1-3H3,(H,17,18,21). The fraction of sp³-hybridized carbons (Fsp3) is 0.333. The van der Waals surface area contributed by atoms with Crippen molar-refractivity contribution in [1.29, 1.82) is 0 Å². The molecular formula is C15H17N5OS. The van der Waals surface area contributed by atoms with Gasteiger partial charge in [-0.3, -0.25) is 4.79 Å². The van der Waals surface area contributed by atoms with Crippen LogP contribution in [0.3, 0.4) is 0 Å². The number of aromatic nitrogens is 4. The van der Waals surface area contributed by atoms with Crippen LogP contribution in [0.1, 0.15) is 31.4 Å². The maximum Gasteiger partial charge on any atom is 0.268 e. The van der Waals surface area contributed by atoms with Crippen LogP contribution in [0, 0.1) is 0 Å². The Morgan fingerprint density at radius 1 is 1.32 bits per heavy atom. The van der Waals surface area contributed by atoms with E-state index in [4.69, 9.17) is 0 Å². The van der Waals surface area contributed by atoms with Gasteiger partial charge in [0.25, 0.3) is 5.56 Å². The lowest BCUT2D eigenvalue weighted by atomic mass is 10.2. The van der Waals surface area contributed by atoms with Gasteiger partial charge in [-0.2, -0.15) is 0 Å². The molecule has 1 N–H and O–H groups in total. The summed E-state index contributed by atoms with van der Waals surface area (Å²) in [6.45, 7) is 4.60. The molecular weight excluding hydrogens is 298 g/mol. The van der Waals surface area contributed by atoms with E-state index in [1.807, 2.05) is 29.5 Å². The molecule has 0 aromatic carbocycles. The first-order chi connectivity index (χ1) is 10.5. The number of fused-ring (bicyclic) bond motifs is 1. The number of rotatable bonds is 4. The van der Waals surface area contributed by atoms with E-state index >= 15 is 0 Å². The Balaban J connectivity index is 1.87. The molecule has 0 saturated carbocycles. The van der Waals surface area contributed by atoms with Crippen LogP contribution in [0.15, 0.2) is 28.5 Å². The quantitative estimate of drug-likeness (QED) is 0.801. The van der Waals surface area contributed by atoms with E-state index < -0.39 is 0 Å². The second-order valence-corrected chi connectivity index (χ2v) is 6.35. The number of nitrogens with zero attached hydrogens (tertiary/aromatic N) is 4. The van der Waals surface area contributed by atoms with E-state index in [9.17, 15) is 4.79 Å². The molecule has 0 atom stereocenters. The average molecular weight is 315 g/mol. The van der Waals surface area contributed by atoms with E-state index in [0.717, 1.165) is 17.2 Å². The highest BCUT2D eigenvalue weighted by atomic mass is 32.1. The number of aromatic amines is 1. The molecule has 3 aromatic heterocycles. The number of H-pyrrole nitrogens is 1. The van der Waals surface area contributed by atoms with Crippen molar-refractivity contribution in [1.82, 2.24) is 19.9 Å². The Hall–Kier alpha value is -2.28. The normalized spacial score (nSPS) is 11.3. The largest absolute Gasteiger partial charge is 0.352 e. The Bertz CT molecular complexity index is 854. The van der Waals surface area contributed by atoms with Gasteiger partial charge in [0.2, 0.25) is 0 Å². The lowest BCUT2D eigenvalue weighted by Crippen LogP contribution is -2.22. The summed E-state index contributed by atoms with van der Waals surface area (Å²) in [5.74, 6) is 2.52. The van der Waals surface area contributed by atoms with Gasteiger partial charge in [-0.15, -0.1) is 11.3 Å². The lowest BCUT2D eigenvalue weighted by Gasteiger charge is -2.18. The van der Waals surface area contributed by atoms with Crippen molar-refractivity contribution in [3.05, 3.63) is 45.7 Å². The van der Waals surface area contributed by atoms with E-state index in [-0.39, 0.29) is 11.5 Å². The smallest absolute Gasteiger partial charge is 0.268 e. The van der Waals surface area contributed by atoms with Crippen LogP contribution in [0.25, 0.3) is 10.2 Å². The van der Waals surface area contributed by atoms with Crippen molar-refractivity contribution >= 4 is 27.4 Å². The Kier molecular flexibility index (Phi) is 3.89. The molecule has 0 unspecified atom stereocenters. The van der Waals surface area contributed by atoms with Gasteiger partial charge in [0, 0.05) is 19.2 Å². The molecule has 0 spiro atoms. The van der Waals surface area contributed by atoms with Gasteiger partial charge >= 0.3 is 0 Å². The minimum absolute atomic E-state index is 0.0889. The number of hydrogen-bond donors (Lipinski definition) is 1. The van der Waals surface area contributed by atoms with Crippen LogP contribution in [0.5, 0.6) is 0 Å². The Morgan fingerprint density at radius 3 is 2.91 bits per heavy atom. The van der Waals surface area contributed by atoms with Gasteiger partial charge < -0.3 is 9.88 Å². The van der Waals surface area contributed by atoms with Gasteiger partial charge in [-0.05, 0) is 17.5 Å². The third-order valence-electron chi connectivity index (χ3n) is 3.32. The third-order valence-corrected chi connectivity index (χ3v) is 4.22. The van der Waals surface area contributed by atoms with E-state index in [0.29, 0.717) is 17.1 Å². The van der Waals surface area contributed by atoms with Gasteiger partial charge in [0.05, 0.1) is 12.1 Å². The molecule has 114 valence electrons. The molecule has 3 rings (SSSR count). The minimum atomic E-state index is -0.0889. The maximum absolute atomic E-state index is 12.0. The van der Waals surface area contributed by atoms with E-state index in [2.05, 4.69) is 33.8 Å². The van der Waals surface area contributed by atoms with Gasteiger partial charge in [0.1, 0.15) is 22.2 Å². The summed E-state index contributed by atoms with van der Waals surface area (Å²) in [5, 5.41) is 1.87. The topological polar surface area (TPSA) is 74.8 Å². The highest BCUT2D eigenvalue weighted by Gasteiger charge is 2.10. The van der Waals surface area contributed by atoms with Gasteiger partial charge in [0.15, 0.2) is 0 Å². The maximum atomic E-state index is 12.0. The molecule has 0 saturated heterocycles. The van der Waals surface area contributed by atoms with E-state index in [1.54, 1.807) is 6.20 Å². The van der Waals surface area contributed by atoms with Gasteiger partial charge in [-0.1, -0.05) is 13.8 Å². The molecule has 0 bridgehead atoms. The van der Waals surface area contributed by atoms with Crippen LogP contribution in [0.2, 0.25) is 0 Å². The second kappa shape index (κ2) is 5.84. The van der Waals surface area contributed by atoms with Crippen LogP contribution >= 0.6 is 11.3 Å². The summed E-state index contributed by atoms with van der Waals surface area (Å²) in [4.78, 5) is 30.1. The van der Waals surface area contributed by atoms with Crippen LogP contribution < -0.4 is 10.5 Å². The van der Waals surface area contributed by atoms with Crippen molar-refractivity contribution in [3.63, 3.8) is 0 Å². The summed E-state index contributed by atoms with van der Waals surface area (Å²) in [6, 6.07) is 3.72. The molecule has 3 heterocycles. The summed E-state index contributed by atoms with van der Waals surface area (Å²) >= 11 is 1.40. The fourth-order valence-electron chi connectivity index (χ4n) is 2.16. The summed E-state index contributed by atoms with van der Waals surface area (Å²) < 4.78 is 0.663. The third kappa shape index (κ3) is 2.85. The zero-order valence-corrected chi connectivity index (χ0v) is 13.5. The molecule has 7 heteroatoms. The van der Waals surface area contributed by atoms with Crippen molar-refractivity contribution in [3.8, 4) is 0 Å². The second-order valence-electron chi connectivity index (χ2n) is 5.43. The SMILES string of the molecule is CC(C)c1nccc(N(C)Cc2nc3ccsc3c(=O)[nH]2)n1. The zero-order chi connectivity index (χ0) is 15.7. The number of nitrogens with one attached hydrogen (secondary N) is 1. The summed E-state index contributed by atoms with van der Waals surface area (Å²) in [5.41, 5.74) is 0.650. The van der Waals surface area contributed by atoms with Crippen molar-refractivity contribution < 1.29 is 0 Å². The van der Waals surface area contributed by atoms with Gasteiger partial charge in [-0.25, -0.2) is 15.0 Å². The number of hydrogen-bond acceptors (Lipinski definition) is 6. The van der Waals surface area contributed by atoms with E-state index in [1.165, 1.54) is 11.3 Å². The van der Waals surface area contributed by atoms with Crippen molar-refractivity contribution in [2.75, 3.05) is 11.9 Å². The molecule has 22 heavy (non-hydrogen) atoms. The number of anilines is 1. The fourth-order valence-corrected chi connectivity index (χ4v) is 2.88. The van der Waals surface area contributed by atoms with Crippen LogP contribution in [-0.4, -0.2) is 27.0 Å². The molecule has 0 aliphatic rings. The van der Waals surface area contributed by atoms with Crippen molar-refractivity contribution in [2.24, 2.45) is 0 Å². The van der Waals surface area contributed by atoms with Crippen LogP contribution in [-0.2, 0) is 6.54 Å². The first-order valence-electron chi connectivity index (χ1n) is 7.05. The molecule has 0 aliphatic heterocycles. The highest BCUT2D eigenvalue weighted by Crippen LogP contribution is 2.17. The first kappa shape index (κ1) is 14.6. The van der Waals surface area contributed by atoms with Crippen LogP contribution in [0.4, 0.5) is 5.82 Å². The van der Waals surface area contributed by atoms with Crippen molar-refractivity contribution in [2.45, 2.75) is 26.3 Å². The zero-order valence-electron chi connectivity index (χ0n) is 12.7.